The van der Waals surface area contributed by atoms with Crippen molar-refractivity contribution >= 4 is 0 Å². The Kier molecular flexibility index (Phi) is 3.73. The summed E-state index contributed by atoms with van der Waals surface area (Å²) < 4.78 is 7.63. The maximum absolute atomic E-state index is 5.73. The molecule has 102 valence electrons. The average molecular weight is 252 g/mol. The van der Waals surface area contributed by atoms with E-state index in [1.54, 1.807) is 0 Å². The van der Waals surface area contributed by atoms with Crippen molar-refractivity contribution in [3.8, 4) is 0 Å². The zero-order valence-corrected chi connectivity index (χ0v) is 11.9. The molecule has 1 atom stereocenters. The van der Waals surface area contributed by atoms with Crippen LogP contribution in [0.2, 0.25) is 0 Å². The highest BCUT2D eigenvalue weighted by atomic mass is 16.5. The molecule has 1 aliphatic heterocycles. The first kappa shape index (κ1) is 13.5. The standard InChI is InChI=1S/C13H24N4O/c1-12(2,3)17-9-11(15-16-17)8-14-10-13(4)6-5-7-18-13/h9,14H,5-8,10H2,1-4H3. The van der Waals surface area contributed by atoms with Crippen molar-refractivity contribution in [1.29, 1.82) is 0 Å². The Labute approximate surface area is 109 Å². The number of aromatic nitrogens is 3. The molecule has 0 aromatic carbocycles. The Morgan fingerprint density at radius 2 is 2.28 bits per heavy atom. The zero-order chi connectivity index (χ0) is 13.2. The van der Waals surface area contributed by atoms with Gasteiger partial charge < -0.3 is 10.1 Å². The van der Waals surface area contributed by atoms with Crippen LogP contribution in [-0.2, 0) is 16.8 Å². The van der Waals surface area contributed by atoms with Crippen LogP contribution in [0.15, 0.2) is 6.20 Å². The molecule has 0 radical (unpaired) electrons. The zero-order valence-electron chi connectivity index (χ0n) is 11.9. The van der Waals surface area contributed by atoms with Crippen LogP contribution >= 0.6 is 0 Å². The summed E-state index contributed by atoms with van der Waals surface area (Å²) in [5, 5.41) is 11.7. The van der Waals surface area contributed by atoms with E-state index in [1.165, 1.54) is 6.42 Å². The number of hydrogen-bond donors (Lipinski definition) is 1. The van der Waals surface area contributed by atoms with Gasteiger partial charge in [-0.05, 0) is 40.5 Å². The van der Waals surface area contributed by atoms with Gasteiger partial charge in [-0.2, -0.15) is 0 Å². The van der Waals surface area contributed by atoms with Crippen molar-refractivity contribution in [1.82, 2.24) is 20.3 Å². The number of rotatable bonds is 4. The second-order valence-corrected chi connectivity index (χ2v) is 6.33. The molecule has 0 aliphatic carbocycles. The fourth-order valence-electron chi connectivity index (χ4n) is 2.14. The van der Waals surface area contributed by atoms with E-state index < -0.39 is 0 Å². The van der Waals surface area contributed by atoms with Crippen molar-refractivity contribution in [3.63, 3.8) is 0 Å². The van der Waals surface area contributed by atoms with E-state index in [-0.39, 0.29) is 11.1 Å². The van der Waals surface area contributed by atoms with Gasteiger partial charge in [0.15, 0.2) is 0 Å². The quantitative estimate of drug-likeness (QED) is 0.886. The van der Waals surface area contributed by atoms with Gasteiger partial charge in [-0.3, -0.25) is 0 Å². The summed E-state index contributed by atoms with van der Waals surface area (Å²) in [7, 11) is 0. The maximum Gasteiger partial charge on any atom is 0.0965 e. The molecule has 1 aromatic heterocycles. The minimum absolute atomic E-state index is 0.0000213. The van der Waals surface area contributed by atoms with Crippen LogP contribution in [0.3, 0.4) is 0 Å². The van der Waals surface area contributed by atoms with Gasteiger partial charge in [-0.15, -0.1) is 5.10 Å². The van der Waals surface area contributed by atoms with Crippen molar-refractivity contribution in [3.05, 3.63) is 11.9 Å². The molecule has 18 heavy (non-hydrogen) atoms. The van der Waals surface area contributed by atoms with E-state index in [0.29, 0.717) is 0 Å². The third-order valence-corrected chi connectivity index (χ3v) is 3.33. The van der Waals surface area contributed by atoms with Crippen molar-refractivity contribution in [2.45, 2.75) is 58.2 Å². The summed E-state index contributed by atoms with van der Waals surface area (Å²) in [4.78, 5) is 0. The molecule has 0 bridgehead atoms. The first-order chi connectivity index (χ1) is 8.39. The molecule has 1 saturated heterocycles. The maximum atomic E-state index is 5.73. The molecular formula is C13H24N4O. The molecule has 0 amide bonds. The van der Waals surface area contributed by atoms with E-state index in [2.05, 4.69) is 43.3 Å². The highest BCUT2D eigenvalue weighted by Crippen LogP contribution is 2.23. The lowest BCUT2D eigenvalue weighted by Crippen LogP contribution is -2.36. The number of nitrogens with zero attached hydrogens (tertiary/aromatic N) is 3. The molecule has 0 spiro atoms. The van der Waals surface area contributed by atoms with Gasteiger partial charge in [-0.25, -0.2) is 4.68 Å². The smallest absolute Gasteiger partial charge is 0.0965 e. The Hall–Kier alpha value is -0.940. The molecule has 1 fully saturated rings. The normalized spacial score (nSPS) is 24.7. The lowest BCUT2D eigenvalue weighted by atomic mass is 10.0. The summed E-state index contributed by atoms with van der Waals surface area (Å²) in [5.41, 5.74) is 0.970. The summed E-state index contributed by atoms with van der Waals surface area (Å²) in [5.74, 6) is 0. The molecule has 1 N–H and O–H groups in total. The number of nitrogens with one attached hydrogen (secondary N) is 1. The predicted octanol–water partition coefficient (Wildman–Crippen LogP) is 1.69. The largest absolute Gasteiger partial charge is 0.374 e. The lowest BCUT2D eigenvalue weighted by Gasteiger charge is -2.23. The van der Waals surface area contributed by atoms with Crippen LogP contribution in [0.5, 0.6) is 0 Å². The minimum Gasteiger partial charge on any atom is -0.374 e. The fourth-order valence-corrected chi connectivity index (χ4v) is 2.14. The fraction of sp³-hybridized carbons (Fsp3) is 0.846. The summed E-state index contributed by atoms with van der Waals surface area (Å²) in [6.07, 6.45) is 4.30. The molecular weight excluding hydrogens is 228 g/mol. The molecule has 1 aromatic rings. The van der Waals surface area contributed by atoms with Crippen LogP contribution in [0, 0.1) is 0 Å². The van der Waals surface area contributed by atoms with Crippen LogP contribution < -0.4 is 5.32 Å². The van der Waals surface area contributed by atoms with Crippen LogP contribution in [-0.4, -0.2) is 33.7 Å². The van der Waals surface area contributed by atoms with Crippen molar-refractivity contribution in [2.75, 3.05) is 13.2 Å². The van der Waals surface area contributed by atoms with E-state index >= 15 is 0 Å². The predicted molar refractivity (Wildman–Crippen MR) is 70.3 cm³/mol. The Balaban J connectivity index is 1.82. The topological polar surface area (TPSA) is 52.0 Å². The summed E-state index contributed by atoms with van der Waals surface area (Å²) >= 11 is 0. The third-order valence-electron chi connectivity index (χ3n) is 3.33. The van der Waals surface area contributed by atoms with Gasteiger partial charge >= 0.3 is 0 Å². The van der Waals surface area contributed by atoms with Gasteiger partial charge in [0.2, 0.25) is 0 Å². The molecule has 5 heteroatoms. The van der Waals surface area contributed by atoms with Gasteiger partial charge in [0.25, 0.3) is 0 Å². The Bertz CT molecular complexity index is 388. The first-order valence-corrected chi connectivity index (χ1v) is 6.65. The minimum atomic E-state index is -0.00814. The molecule has 5 nitrogen and oxygen atoms in total. The van der Waals surface area contributed by atoms with E-state index in [4.69, 9.17) is 4.74 Å². The third kappa shape index (κ3) is 3.29. The molecule has 2 heterocycles. The van der Waals surface area contributed by atoms with Crippen LogP contribution in [0.1, 0.15) is 46.2 Å². The first-order valence-electron chi connectivity index (χ1n) is 6.65. The number of hydrogen-bond acceptors (Lipinski definition) is 4. The SMILES string of the molecule is CC1(CNCc2cn(C(C)(C)C)nn2)CCCO1. The molecule has 1 aliphatic rings. The molecule has 2 rings (SSSR count). The monoisotopic (exact) mass is 252 g/mol. The van der Waals surface area contributed by atoms with Gasteiger partial charge in [-0.1, -0.05) is 5.21 Å². The lowest BCUT2D eigenvalue weighted by molar-refractivity contribution is 0.0206. The van der Waals surface area contributed by atoms with Gasteiger partial charge in [0.05, 0.1) is 23.0 Å². The van der Waals surface area contributed by atoms with E-state index in [9.17, 15) is 0 Å². The Morgan fingerprint density at radius 3 is 2.83 bits per heavy atom. The highest BCUT2D eigenvalue weighted by molar-refractivity contribution is 4.95. The van der Waals surface area contributed by atoms with E-state index in [1.807, 2.05) is 10.9 Å². The number of ether oxygens (including phenoxy) is 1. The second kappa shape index (κ2) is 4.97. The van der Waals surface area contributed by atoms with Gasteiger partial charge in [0.1, 0.15) is 0 Å². The van der Waals surface area contributed by atoms with Crippen molar-refractivity contribution in [2.24, 2.45) is 0 Å². The second-order valence-electron chi connectivity index (χ2n) is 6.33. The average Bonchev–Trinajstić information content (AvgIpc) is 2.87. The summed E-state index contributed by atoms with van der Waals surface area (Å²) in [6, 6.07) is 0. The van der Waals surface area contributed by atoms with Crippen LogP contribution in [0.4, 0.5) is 0 Å². The highest BCUT2D eigenvalue weighted by Gasteiger charge is 2.29. The van der Waals surface area contributed by atoms with Gasteiger partial charge in [0, 0.05) is 19.7 Å². The molecule has 1 unspecified atom stereocenters. The molecule has 0 saturated carbocycles. The van der Waals surface area contributed by atoms with E-state index in [0.717, 1.165) is 31.8 Å². The van der Waals surface area contributed by atoms with Crippen molar-refractivity contribution < 1.29 is 4.74 Å². The summed E-state index contributed by atoms with van der Waals surface area (Å²) in [6.45, 7) is 11.0. The van der Waals surface area contributed by atoms with Crippen LogP contribution in [0.25, 0.3) is 0 Å². The Morgan fingerprint density at radius 1 is 1.50 bits per heavy atom.